The number of hydrogen-bond acceptors (Lipinski definition) is 3. The van der Waals surface area contributed by atoms with E-state index >= 15 is 0 Å². The van der Waals surface area contributed by atoms with Gasteiger partial charge in [-0.2, -0.15) is 0 Å². The summed E-state index contributed by atoms with van der Waals surface area (Å²) in [6, 6.07) is 53.4. The summed E-state index contributed by atoms with van der Waals surface area (Å²) in [4.78, 5) is 9.84. The van der Waals surface area contributed by atoms with Crippen LogP contribution in [-0.4, -0.2) is 27.8 Å². The first-order chi connectivity index (χ1) is 29.7. The summed E-state index contributed by atoms with van der Waals surface area (Å²) < 4.78 is 18.7. The van der Waals surface area contributed by atoms with Gasteiger partial charge in [0.1, 0.15) is 5.58 Å². The van der Waals surface area contributed by atoms with Crippen molar-refractivity contribution < 1.29 is 25.9 Å². The number of nitrogens with zero attached hydrogens (tertiary/aromatic N) is 3. The molecule has 0 saturated carbocycles. The monoisotopic (exact) mass is 1050 g/mol. The number of hydrogen-bond donors (Lipinski definition) is 0. The molecule has 0 N–H and O–H groups in total. The molecule has 0 atom stereocenters. The smallest absolute Gasteiger partial charge is 0 e. The van der Waals surface area contributed by atoms with Gasteiger partial charge in [-0.25, -0.2) is 0 Å². The van der Waals surface area contributed by atoms with E-state index in [1.54, 1.807) is 0 Å². The first-order valence-corrected chi connectivity index (χ1v) is 28.8. The summed E-state index contributed by atoms with van der Waals surface area (Å²) in [7, 11) is 0. The minimum Gasteiger partial charge on any atom is 0 e. The van der Waals surface area contributed by atoms with Gasteiger partial charge in [-0.15, -0.1) is 23.8 Å². The fraction of sp³-hybridized carbons (Fsp3) is 0.214. The molecule has 3 aromatic heterocycles. The van der Waals surface area contributed by atoms with Crippen LogP contribution in [0.15, 0.2) is 144 Å². The summed E-state index contributed by atoms with van der Waals surface area (Å²) >= 11 is -2.03. The molecule has 4 nitrogen and oxygen atoms in total. The number of imidazole rings is 1. The molecule has 0 spiro atoms. The number of fused-ring (bicyclic) bond motifs is 8. The molecule has 0 aliphatic rings. The molecule has 0 bridgehead atoms. The Balaban J connectivity index is 0.000000219. The zero-order valence-corrected chi connectivity index (χ0v) is 41.5. The van der Waals surface area contributed by atoms with Gasteiger partial charge >= 0.3 is 120 Å². The largest absolute Gasteiger partial charge is 0 e. The Kier molecular flexibility index (Phi) is 11.8. The second kappa shape index (κ2) is 17.4. The Bertz CT molecular complexity index is 3250. The molecule has 0 aliphatic heterocycles. The number of aromatic nitrogens is 3. The van der Waals surface area contributed by atoms with Crippen LogP contribution in [0.3, 0.4) is 0 Å². The van der Waals surface area contributed by atoms with Crippen LogP contribution in [0.4, 0.5) is 0 Å². The average Bonchev–Trinajstić information content (AvgIpc) is 3.84. The van der Waals surface area contributed by atoms with Crippen molar-refractivity contribution >= 4 is 72.2 Å². The molecule has 313 valence electrons. The van der Waals surface area contributed by atoms with Crippen molar-refractivity contribution in [1.82, 2.24) is 14.5 Å². The van der Waals surface area contributed by atoms with Crippen molar-refractivity contribution in [2.45, 2.75) is 76.5 Å². The van der Waals surface area contributed by atoms with Crippen LogP contribution in [0.2, 0.25) is 17.3 Å². The maximum absolute atomic E-state index is 8.44. The standard InChI is InChI=1S/C39H31N2O.C17H22GeN.Ir/c1-23(2)27-12-9-13-28(24(3)4)37(27)41-35-15-8-7-14-34(35)40-39(41)26-17-21-36-33(22-26)32-20-19-30-29-11-6-5-10-25(29)16-18-31(30)38(32)42-36;1-13(2)15-11-17(14-9-7-6-8-10-14)19-12-16(15)18(3,4)5;/h5-16,18-24H,1-4H3;6-9,11-13H,1-5H3;/q2*-1;/i;13D;. The van der Waals surface area contributed by atoms with E-state index in [1.165, 1.54) is 37.4 Å². The predicted octanol–water partition coefficient (Wildman–Crippen LogP) is 15.2. The third kappa shape index (κ3) is 7.96. The molecule has 7 aromatic carbocycles. The molecule has 0 fully saturated rings. The summed E-state index contributed by atoms with van der Waals surface area (Å²) in [5.74, 6) is 8.07. The first-order valence-electron chi connectivity index (χ1n) is 22.0. The van der Waals surface area contributed by atoms with E-state index in [1.807, 2.05) is 50.4 Å². The minimum atomic E-state index is -2.03. The average molecular weight is 1050 g/mol. The van der Waals surface area contributed by atoms with E-state index in [0.717, 1.165) is 66.6 Å². The van der Waals surface area contributed by atoms with Crippen LogP contribution in [-0.2, 0) is 20.1 Å². The second-order valence-corrected chi connectivity index (χ2v) is 28.6. The third-order valence-electron chi connectivity index (χ3n) is 11.9. The fourth-order valence-corrected chi connectivity index (χ4v) is 12.1. The van der Waals surface area contributed by atoms with E-state index in [2.05, 4.69) is 170 Å². The second-order valence-electron chi connectivity index (χ2n) is 18.0. The van der Waals surface area contributed by atoms with Gasteiger partial charge in [-0.1, -0.05) is 112 Å². The Labute approximate surface area is 383 Å². The van der Waals surface area contributed by atoms with Gasteiger partial charge in [-0.3, -0.25) is 4.98 Å². The van der Waals surface area contributed by atoms with Crippen LogP contribution in [0, 0.1) is 12.1 Å². The molecular weight excluding hydrogens is 995 g/mol. The van der Waals surface area contributed by atoms with E-state index in [4.69, 9.17) is 10.8 Å². The van der Waals surface area contributed by atoms with Crippen molar-refractivity contribution in [2.75, 3.05) is 0 Å². The zero-order valence-electron chi connectivity index (χ0n) is 38.0. The molecule has 1 radical (unpaired) electrons. The number of pyridine rings is 1. The minimum absolute atomic E-state index is 0. The summed E-state index contributed by atoms with van der Waals surface area (Å²) in [5.41, 5.74) is 11.7. The maximum Gasteiger partial charge on any atom is 0 e. The van der Waals surface area contributed by atoms with E-state index in [0.29, 0.717) is 11.8 Å². The summed E-state index contributed by atoms with van der Waals surface area (Å²) in [6.07, 6.45) is 2.00. The number of para-hydroxylation sites is 3. The topological polar surface area (TPSA) is 43.9 Å². The van der Waals surface area contributed by atoms with Crippen molar-refractivity contribution in [1.29, 1.82) is 0 Å². The first kappa shape index (κ1) is 42.0. The van der Waals surface area contributed by atoms with E-state index in [-0.39, 0.29) is 20.1 Å². The van der Waals surface area contributed by atoms with Gasteiger partial charge in [0.05, 0.1) is 22.4 Å². The molecular formula is C56H53GeIrN3O-2. The Morgan fingerprint density at radius 3 is 2.03 bits per heavy atom. The number of benzene rings is 7. The molecule has 0 saturated heterocycles. The van der Waals surface area contributed by atoms with Crippen molar-refractivity contribution in [2.24, 2.45) is 0 Å². The molecule has 6 heteroatoms. The van der Waals surface area contributed by atoms with Crippen molar-refractivity contribution in [3.63, 3.8) is 0 Å². The molecule has 0 unspecified atom stereocenters. The Morgan fingerprint density at radius 1 is 0.645 bits per heavy atom. The molecule has 0 aliphatic carbocycles. The van der Waals surface area contributed by atoms with Crippen LogP contribution in [0.1, 0.15) is 77.3 Å². The number of furan rings is 1. The molecule has 3 heterocycles. The molecule has 62 heavy (non-hydrogen) atoms. The fourth-order valence-electron chi connectivity index (χ4n) is 8.76. The molecule has 10 rings (SSSR count). The molecule has 10 aromatic rings. The van der Waals surface area contributed by atoms with Gasteiger partial charge in [0.2, 0.25) is 0 Å². The van der Waals surface area contributed by atoms with Gasteiger partial charge in [0, 0.05) is 36.6 Å². The van der Waals surface area contributed by atoms with E-state index in [9.17, 15) is 0 Å². The quantitative estimate of drug-likeness (QED) is 0.0908. The van der Waals surface area contributed by atoms with Gasteiger partial charge in [0.15, 0.2) is 0 Å². The van der Waals surface area contributed by atoms with Crippen LogP contribution in [0.25, 0.3) is 82.8 Å². The summed E-state index contributed by atoms with van der Waals surface area (Å²) in [5, 5.41) is 6.99. The number of rotatable bonds is 7. The van der Waals surface area contributed by atoms with Crippen LogP contribution >= 0.6 is 0 Å². The van der Waals surface area contributed by atoms with Gasteiger partial charge in [0.25, 0.3) is 0 Å². The predicted molar refractivity (Wildman–Crippen MR) is 261 cm³/mol. The van der Waals surface area contributed by atoms with Gasteiger partial charge < -0.3 is 8.98 Å². The molecule has 0 amide bonds. The van der Waals surface area contributed by atoms with Crippen LogP contribution in [0.5, 0.6) is 0 Å². The maximum atomic E-state index is 8.44. The normalized spacial score (nSPS) is 12.3. The van der Waals surface area contributed by atoms with Crippen molar-refractivity contribution in [3.05, 3.63) is 168 Å². The summed E-state index contributed by atoms with van der Waals surface area (Å²) in [6.45, 7) is 13.0. The Hall–Kier alpha value is -5.33. The third-order valence-corrected chi connectivity index (χ3v) is 16.1. The Morgan fingerprint density at radius 2 is 1.32 bits per heavy atom. The van der Waals surface area contributed by atoms with Crippen LogP contribution < -0.4 is 4.40 Å². The van der Waals surface area contributed by atoms with E-state index < -0.39 is 19.2 Å². The zero-order chi connectivity index (χ0) is 43.5. The SMILES string of the molecule is CC(C)c1cccc(C(C)C)c1-n1c(-c2[c-]cc3oc4c(ccc5c6ccccc6ccc54)c3c2)nc2ccccc21.[2H]C(C)(C)c1cc(-c2[c-]cccc2)nc[c]1[Ge]([CH3])([CH3])[CH3].[Ir]. The van der Waals surface area contributed by atoms with Gasteiger partial charge in [-0.05, 0) is 51.3 Å². The van der Waals surface area contributed by atoms with Crippen molar-refractivity contribution in [3.8, 4) is 28.3 Å².